The summed E-state index contributed by atoms with van der Waals surface area (Å²) in [5.74, 6) is -0.0465. The third-order valence-corrected chi connectivity index (χ3v) is 2.90. The summed E-state index contributed by atoms with van der Waals surface area (Å²) >= 11 is 3.23. The second kappa shape index (κ2) is 5.82. The Morgan fingerprint density at radius 2 is 2.17 bits per heavy atom. The summed E-state index contributed by atoms with van der Waals surface area (Å²) in [5.41, 5.74) is 1.94. The highest BCUT2D eigenvalue weighted by atomic mass is 79.9. The zero-order valence-electron chi connectivity index (χ0n) is 10.0. The van der Waals surface area contributed by atoms with Crippen LogP contribution in [0.2, 0.25) is 0 Å². The minimum absolute atomic E-state index is 0.0465. The smallest absolute Gasteiger partial charge is 0.237 e. The summed E-state index contributed by atoms with van der Waals surface area (Å²) in [5, 5.41) is 6.97. The van der Waals surface area contributed by atoms with E-state index in [1.807, 2.05) is 41.2 Å². The molecule has 0 bridgehead atoms. The number of rotatable bonds is 4. The highest BCUT2D eigenvalue weighted by Gasteiger charge is 2.08. The summed E-state index contributed by atoms with van der Waals surface area (Å²) in [6.07, 6.45) is 3.67. The van der Waals surface area contributed by atoms with Crippen molar-refractivity contribution in [2.45, 2.75) is 18.3 Å². The van der Waals surface area contributed by atoms with Gasteiger partial charge in [-0.2, -0.15) is 5.10 Å². The molecule has 0 saturated carbocycles. The third kappa shape index (κ3) is 3.43. The molecule has 0 fully saturated rings. The van der Waals surface area contributed by atoms with Crippen LogP contribution in [0.4, 0.5) is 5.69 Å². The number of nitrogens with zero attached hydrogens (tertiary/aromatic N) is 2. The average molecular weight is 308 g/mol. The van der Waals surface area contributed by atoms with Crippen LogP contribution in [0.5, 0.6) is 0 Å². The minimum Gasteiger partial charge on any atom is -0.325 e. The van der Waals surface area contributed by atoms with Gasteiger partial charge in [-0.25, -0.2) is 0 Å². The molecule has 1 heterocycles. The van der Waals surface area contributed by atoms with Crippen molar-refractivity contribution in [1.29, 1.82) is 0 Å². The van der Waals surface area contributed by atoms with Gasteiger partial charge in [0.05, 0.1) is 11.4 Å². The molecule has 1 atom stereocenters. The second-order valence-corrected chi connectivity index (χ2v) is 5.38. The number of amides is 1. The fourth-order valence-electron chi connectivity index (χ4n) is 1.52. The Hall–Kier alpha value is -1.62. The fourth-order valence-corrected chi connectivity index (χ4v) is 1.63. The van der Waals surface area contributed by atoms with Gasteiger partial charge < -0.3 is 5.32 Å². The van der Waals surface area contributed by atoms with Crippen LogP contribution in [0.3, 0.4) is 0 Å². The monoisotopic (exact) mass is 307 g/mol. The van der Waals surface area contributed by atoms with Crippen molar-refractivity contribution in [3.63, 3.8) is 0 Å². The van der Waals surface area contributed by atoms with Crippen molar-refractivity contribution < 1.29 is 4.79 Å². The van der Waals surface area contributed by atoms with Gasteiger partial charge in [0.25, 0.3) is 0 Å². The van der Waals surface area contributed by atoms with E-state index in [1.165, 1.54) is 0 Å². The number of nitrogens with one attached hydrogen (secondary N) is 1. The number of hydrogen-bond acceptors (Lipinski definition) is 2. The third-order valence-electron chi connectivity index (χ3n) is 2.49. The molecule has 18 heavy (non-hydrogen) atoms. The van der Waals surface area contributed by atoms with Gasteiger partial charge in [-0.3, -0.25) is 9.48 Å². The maximum absolute atomic E-state index is 11.5. The van der Waals surface area contributed by atoms with Crippen LogP contribution in [-0.4, -0.2) is 20.5 Å². The first-order valence-electron chi connectivity index (χ1n) is 5.66. The van der Waals surface area contributed by atoms with Crippen LogP contribution in [0.15, 0.2) is 42.7 Å². The van der Waals surface area contributed by atoms with Crippen LogP contribution >= 0.6 is 15.9 Å². The molecule has 4 nitrogen and oxygen atoms in total. The van der Waals surface area contributed by atoms with E-state index in [2.05, 4.69) is 26.3 Å². The molecule has 0 spiro atoms. The molecule has 0 aliphatic carbocycles. The molecule has 1 amide bonds. The summed E-state index contributed by atoms with van der Waals surface area (Å²) in [7, 11) is 0. The van der Waals surface area contributed by atoms with Crippen molar-refractivity contribution in [2.24, 2.45) is 0 Å². The number of benzene rings is 1. The van der Waals surface area contributed by atoms with Crippen molar-refractivity contribution in [3.05, 3.63) is 48.3 Å². The van der Waals surface area contributed by atoms with Gasteiger partial charge in [-0.05, 0) is 30.7 Å². The van der Waals surface area contributed by atoms with E-state index in [1.54, 1.807) is 13.1 Å². The van der Waals surface area contributed by atoms with Gasteiger partial charge in [0.1, 0.15) is 0 Å². The lowest BCUT2D eigenvalue weighted by atomic mass is 10.2. The number of halogens is 1. The van der Waals surface area contributed by atoms with E-state index in [4.69, 9.17) is 0 Å². The van der Waals surface area contributed by atoms with Crippen LogP contribution in [0.25, 0.3) is 0 Å². The number of anilines is 1. The Kier molecular flexibility index (Phi) is 4.15. The van der Waals surface area contributed by atoms with Gasteiger partial charge in [-0.15, -0.1) is 0 Å². The van der Waals surface area contributed by atoms with Crippen LogP contribution in [0, 0.1) is 0 Å². The molecule has 94 valence electrons. The molecule has 1 aromatic carbocycles. The van der Waals surface area contributed by atoms with Crippen molar-refractivity contribution in [1.82, 2.24) is 9.78 Å². The predicted octanol–water partition coefficient (Wildman–Crippen LogP) is 2.65. The normalized spacial score (nSPS) is 12.1. The first kappa shape index (κ1) is 12.8. The summed E-state index contributed by atoms with van der Waals surface area (Å²) in [4.78, 5) is 11.3. The molecular formula is C13H14BrN3O. The lowest BCUT2D eigenvalue weighted by molar-refractivity contribution is -0.115. The van der Waals surface area contributed by atoms with Crippen LogP contribution in [-0.2, 0) is 11.3 Å². The molecule has 0 saturated heterocycles. The molecule has 5 heteroatoms. The molecule has 1 N–H and O–H groups in total. The maximum atomic E-state index is 11.5. The Bertz CT molecular complexity index is 506. The summed E-state index contributed by atoms with van der Waals surface area (Å²) < 4.78 is 1.86. The van der Waals surface area contributed by atoms with E-state index < -0.39 is 0 Å². The topological polar surface area (TPSA) is 46.9 Å². The van der Waals surface area contributed by atoms with E-state index in [-0.39, 0.29) is 10.7 Å². The molecular weight excluding hydrogens is 294 g/mol. The highest BCUT2D eigenvalue weighted by Crippen LogP contribution is 2.12. The van der Waals surface area contributed by atoms with E-state index in [9.17, 15) is 4.79 Å². The molecule has 1 aromatic heterocycles. The SMILES string of the molecule is CC(Br)C(=O)Nc1ccc(Cn2cccn2)cc1. The van der Waals surface area contributed by atoms with Gasteiger partial charge in [0.15, 0.2) is 0 Å². The quantitative estimate of drug-likeness (QED) is 0.883. The van der Waals surface area contributed by atoms with Gasteiger partial charge in [0, 0.05) is 18.1 Å². The summed E-state index contributed by atoms with van der Waals surface area (Å²) in [6, 6.07) is 9.65. The van der Waals surface area contributed by atoms with Crippen LogP contribution < -0.4 is 5.32 Å². The number of hydrogen-bond donors (Lipinski definition) is 1. The van der Waals surface area contributed by atoms with E-state index in [0.29, 0.717) is 0 Å². The molecule has 0 radical (unpaired) electrons. The van der Waals surface area contributed by atoms with Gasteiger partial charge >= 0.3 is 0 Å². The highest BCUT2D eigenvalue weighted by molar-refractivity contribution is 9.10. The van der Waals surface area contributed by atoms with Crippen molar-refractivity contribution in [3.8, 4) is 0 Å². The first-order chi connectivity index (χ1) is 8.65. The molecule has 0 aliphatic rings. The lowest BCUT2D eigenvalue weighted by Crippen LogP contribution is -2.19. The first-order valence-corrected chi connectivity index (χ1v) is 6.58. The lowest BCUT2D eigenvalue weighted by Gasteiger charge is -2.08. The number of alkyl halides is 1. The summed E-state index contributed by atoms with van der Waals surface area (Å²) in [6.45, 7) is 2.53. The Labute approximate surface area is 114 Å². The molecule has 0 aliphatic heterocycles. The number of aromatic nitrogens is 2. The van der Waals surface area contributed by atoms with E-state index >= 15 is 0 Å². The van der Waals surface area contributed by atoms with Crippen molar-refractivity contribution >= 4 is 27.5 Å². The number of carbonyl (C=O) groups excluding carboxylic acids is 1. The van der Waals surface area contributed by atoms with Crippen LogP contribution in [0.1, 0.15) is 12.5 Å². The van der Waals surface area contributed by atoms with Gasteiger partial charge in [0.2, 0.25) is 5.91 Å². The Balaban J connectivity index is 1.99. The average Bonchev–Trinajstić information content (AvgIpc) is 2.84. The fraction of sp³-hybridized carbons (Fsp3) is 0.231. The number of carbonyl (C=O) groups is 1. The molecule has 2 aromatic rings. The maximum Gasteiger partial charge on any atom is 0.237 e. The molecule has 1 unspecified atom stereocenters. The predicted molar refractivity (Wildman–Crippen MR) is 74.8 cm³/mol. The van der Waals surface area contributed by atoms with Gasteiger partial charge in [-0.1, -0.05) is 28.1 Å². The Morgan fingerprint density at radius 3 is 2.72 bits per heavy atom. The Morgan fingerprint density at radius 1 is 1.44 bits per heavy atom. The van der Waals surface area contributed by atoms with E-state index in [0.717, 1.165) is 17.8 Å². The largest absolute Gasteiger partial charge is 0.325 e. The second-order valence-electron chi connectivity index (χ2n) is 4.01. The standard InChI is InChI=1S/C13H14BrN3O/c1-10(14)13(18)16-12-5-3-11(4-6-12)9-17-8-2-7-15-17/h2-8,10H,9H2,1H3,(H,16,18). The van der Waals surface area contributed by atoms with Crippen molar-refractivity contribution in [2.75, 3.05) is 5.32 Å². The zero-order chi connectivity index (χ0) is 13.0. The molecule has 2 rings (SSSR count). The minimum atomic E-state index is -0.193. The zero-order valence-corrected chi connectivity index (χ0v) is 11.6.